The average Bonchev–Trinajstić information content (AvgIpc) is 2.65. The molecule has 1 heterocycles. The van der Waals surface area contributed by atoms with E-state index in [0.717, 1.165) is 19.6 Å². The molecule has 0 saturated carbocycles. The summed E-state index contributed by atoms with van der Waals surface area (Å²) in [4.78, 5) is 13.8. The number of urea groups is 1. The third kappa shape index (κ3) is 5.89. The molecule has 1 aliphatic heterocycles. The van der Waals surface area contributed by atoms with Crippen molar-refractivity contribution < 1.29 is 9.53 Å². The predicted molar refractivity (Wildman–Crippen MR) is 68.1 cm³/mol. The second kappa shape index (κ2) is 6.21. The van der Waals surface area contributed by atoms with Gasteiger partial charge in [0.2, 0.25) is 0 Å². The molecule has 5 nitrogen and oxygen atoms in total. The molecule has 0 bridgehead atoms. The van der Waals surface area contributed by atoms with Crippen molar-refractivity contribution in [3.63, 3.8) is 0 Å². The lowest BCUT2D eigenvalue weighted by atomic mass is 9.93. The van der Waals surface area contributed by atoms with E-state index in [1.165, 1.54) is 0 Å². The Kier molecular flexibility index (Phi) is 5.21. The van der Waals surface area contributed by atoms with Gasteiger partial charge in [0.25, 0.3) is 0 Å². The summed E-state index contributed by atoms with van der Waals surface area (Å²) in [5.41, 5.74) is 0.0764. The lowest BCUT2D eigenvalue weighted by molar-refractivity contribution is 0.187. The van der Waals surface area contributed by atoms with Crippen molar-refractivity contribution in [3.05, 3.63) is 0 Å². The highest BCUT2D eigenvalue weighted by Gasteiger charge is 2.21. The maximum atomic E-state index is 11.6. The lowest BCUT2D eigenvalue weighted by Gasteiger charge is -2.28. The third-order valence-electron chi connectivity index (χ3n) is 2.74. The van der Waals surface area contributed by atoms with Crippen LogP contribution in [0.25, 0.3) is 0 Å². The van der Waals surface area contributed by atoms with Crippen molar-refractivity contribution in [2.24, 2.45) is 5.41 Å². The summed E-state index contributed by atoms with van der Waals surface area (Å²) in [7, 11) is 4.08. The molecular weight excluding hydrogens is 218 g/mol. The summed E-state index contributed by atoms with van der Waals surface area (Å²) in [5.74, 6) is 0. The monoisotopic (exact) mass is 243 g/mol. The van der Waals surface area contributed by atoms with Gasteiger partial charge in [-0.2, -0.15) is 0 Å². The zero-order valence-corrected chi connectivity index (χ0v) is 11.4. The zero-order valence-electron chi connectivity index (χ0n) is 11.4. The molecule has 0 aromatic rings. The van der Waals surface area contributed by atoms with Crippen LogP contribution in [-0.2, 0) is 4.74 Å². The Morgan fingerprint density at radius 3 is 2.71 bits per heavy atom. The van der Waals surface area contributed by atoms with E-state index >= 15 is 0 Å². The minimum Gasteiger partial charge on any atom is -0.379 e. The second-order valence-corrected chi connectivity index (χ2v) is 5.79. The molecule has 1 rings (SSSR count). The van der Waals surface area contributed by atoms with Gasteiger partial charge in [0.1, 0.15) is 0 Å². The maximum absolute atomic E-state index is 11.6. The number of carbonyl (C=O) groups excluding carboxylic acids is 1. The van der Waals surface area contributed by atoms with Crippen LogP contribution in [0.2, 0.25) is 0 Å². The first-order valence-electron chi connectivity index (χ1n) is 6.16. The van der Waals surface area contributed by atoms with Crippen molar-refractivity contribution in [2.75, 3.05) is 40.4 Å². The molecule has 0 aromatic heterocycles. The number of nitrogens with zero attached hydrogens (tertiary/aromatic N) is 1. The molecule has 17 heavy (non-hydrogen) atoms. The maximum Gasteiger partial charge on any atom is 0.315 e. The van der Waals surface area contributed by atoms with E-state index in [9.17, 15) is 4.79 Å². The average molecular weight is 243 g/mol. The fraction of sp³-hybridized carbons (Fsp3) is 0.917. The Balaban J connectivity index is 2.22. The van der Waals surface area contributed by atoms with Crippen molar-refractivity contribution in [1.29, 1.82) is 0 Å². The van der Waals surface area contributed by atoms with Crippen molar-refractivity contribution in [3.8, 4) is 0 Å². The van der Waals surface area contributed by atoms with Crippen molar-refractivity contribution in [1.82, 2.24) is 15.5 Å². The van der Waals surface area contributed by atoms with E-state index in [0.29, 0.717) is 13.2 Å². The van der Waals surface area contributed by atoms with E-state index in [2.05, 4.69) is 29.4 Å². The molecule has 100 valence electrons. The van der Waals surface area contributed by atoms with Crippen LogP contribution in [-0.4, -0.2) is 57.4 Å². The van der Waals surface area contributed by atoms with E-state index in [1.54, 1.807) is 0 Å². The zero-order chi connectivity index (χ0) is 12.9. The van der Waals surface area contributed by atoms with Gasteiger partial charge >= 0.3 is 6.03 Å². The smallest absolute Gasteiger partial charge is 0.315 e. The largest absolute Gasteiger partial charge is 0.379 e. The quantitative estimate of drug-likeness (QED) is 0.746. The van der Waals surface area contributed by atoms with Crippen LogP contribution in [0.1, 0.15) is 20.3 Å². The molecule has 1 fully saturated rings. The van der Waals surface area contributed by atoms with Crippen LogP contribution >= 0.6 is 0 Å². The first-order valence-corrected chi connectivity index (χ1v) is 6.16. The molecule has 2 amide bonds. The molecule has 1 aliphatic rings. The number of carbonyl (C=O) groups is 1. The Labute approximate surface area is 104 Å². The molecule has 5 heteroatoms. The summed E-state index contributed by atoms with van der Waals surface area (Å²) in [6.45, 7) is 7.29. The molecule has 1 saturated heterocycles. The topological polar surface area (TPSA) is 53.6 Å². The van der Waals surface area contributed by atoms with Crippen LogP contribution < -0.4 is 10.6 Å². The molecule has 1 atom stereocenters. The van der Waals surface area contributed by atoms with Crippen LogP contribution in [0, 0.1) is 5.41 Å². The molecular formula is C12H25N3O2. The molecule has 2 N–H and O–H groups in total. The lowest BCUT2D eigenvalue weighted by Crippen LogP contribution is -2.47. The fourth-order valence-corrected chi connectivity index (χ4v) is 2.12. The Bertz CT molecular complexity index is 248. The predicted octanol–water partition coefficient (Wildman–Crippen LogP) is 0.662. The normalized spacial score (nSPS) is 20.6. The number of ether oxygens (including phenoxy) is 1. The molecule has 0 spiro atoms. The Morgan fingerprint density at radius 2 is 2.18 bits per heavy atom. The number of nitrogens with one attached hydrogen (secondary N) is 2. The van der Waals surface area contributed by atoms with Crippen LogP contribution in [0.4, 0.5) is 4.79 Å². The second-order valence-electron chi connectivity index (χ2n) is 5.79. The van der Waals surface area contributed by atoms with E-state index in [-0.39, 0.29) is 17.5 Å². The first-order chi connectivity index (χ1) is 7.89. The van der Waals surface area contributed by atoms with Gasteiger partial charge in [0.05, 0.1) is 12.6 Å². The van der Waals surface area contributed by atoms with Gasteiger partial charge < -0.3 is 20.3 Å². The van der Waals surface area contributed by atoms with E-state index in [4.69, 9.17) is 4.74 Å². The van der Waals surface area contributed by atoms with E-state index < -0.39 is 0 Å². The summed E-state index contributed by atoms with van der Waals surface area (Å²) < 4.78 is 5.21. The minimum atomic E-state index is -0.0904. The van der Waals surface area contributed by atoms with Gasteiger partial charge in [-0.1, -0.05) is 13.8 Å². The summed E-state index contributed by atoms with van der Waals surface area (Å²) in [5, 5.41) is 5.84. The number of hydrogen-bond acceptors (Lipinski definition) is 3. The first kappa shape index (κ1) is 14.3. The Morgan fingerprint density at radius 1 is 1.47 bits per heavy atom. The molecule has 0 aromatic carbocycles. The van der Waals surface area contributed by atoms with Gasteiger partial charge in [-0.05, 0) is 25.9 Å². The standard InChI is InChI=1S/C12H25N3O2/c1-12(2,9-15(3)4)8-13-11(16)14-10-5-6-17-7-10/h10H,5-9H2,1-4H3,(H2,13,14,16). The van der Waals surface area contributed by atoms with Gasteiger partial charge in [-0.15, -0.1) is 0 Å². The molecule has 0 aliphatic carbocycles. The molecule has 0 radical (unpaired) electrons. The van der Waals surface area contributed by atoms with E-state index in [1.807, 2.05) is 14.1 Å². The molecule has 1 unspecified atom stereocenters. The van der Waals surface area contributed by atoms with Crippen molar-refractivity contribution in [2.45, 2.75) is 26.3 Å². The van der Waals surface area contributed by atoms with Gasteiger partial charge in [0, 0.05) is 19.7 Å². The van der Waals surface area contributed by atoms with Crippen molar-refractivity contribution >= 4 is 6.03 Å². The summed E-state index contributed by atoms with van der Waals surface area (Å²) >= 11 is 0. The fourth-order valence-electron chi connectivity index (χ4n) is 2.12. The number of rotatable bonds is 5. The SMILES string of the molecule is CN(C)CC(C)(C)CNC(=O)NC1CCOC1. The summed E-state index contributed by atoms with van der Waals surface area (Å²) in [6, 6.07) is 0.0827. The minimum absolute atomic E-state index is 0.0764. The van der Waals surface area contributed by atoms with Gasteiger partial charge in [0.15, 0.2) is 0 Å². The van der Waals surface area contributed by atoms with Gasteiger partial charge in [-0.3, -0.25) is 0 Å². The summed E-state index contributed by atoms with van der Waals surface area (Å²) in [6.07, 6.45) is 0.911. The van der Waals surface area contributed by atoms with Crippen LogP contribution in [0.15, 0.2) is 0 Å². The van der Waals surface area contributed by atoms with Gasteiger partial charge in [-0.25, -0.2) is 4.79 Å². The number of hydrogen-bond donors (Lipinski definition) is 2. The van der Waals surface area contributed by atoms with Crippen LogP contribution in [0.3, 0.4) is 0 Å². The Hall–Kier alpha value is -0.810. The number of amides is 2. The highest BCUT2D eigenvalue weighted by molar-refractivity contribution is 5.74. The highest BCUT2D eigenvalue weighted by Crippen LogP contribution is 2.14. The highest BCUT2D eigenvalue weighted by atomic mass is 16.5. The third-order valence-corrected chi connectivity index (χ3v) is 2.74. The van der Waals surface area contributed by atoms with Crippen LogP contribution in [0.5, 0.6) is 0 Å².